The molecule has 0 aromatic heterocycles. The minimum Gasteiger partial charge on any atom is -0.370 e. The number of nitrogens with one attached hydrogen (secondary N) is 3. The highest BCUT2D eigenvalue weighted by molar-refractivity contribution is 8.03. The van der Waals surface area contributed by atoms with E-state index in [1.165, 1.54) is 0 Å². The van der Waals surface area contributed by atoms with Gasteiger partial charge in [-0.05, 0) is 49.4 Å². The van der Waals surface area contributed by atoms with E-state index in [0.29, 0.717) is 6.54 Å². The molecule has 0 aliphatic carbocycles. The van der Waals surface area contributed by atoms with Crippen molar-refractivity contribution >= 4 is 29.4 Å². The molecule has 3 rings (SSSR count). The minimum absolute atomic E-state index is 0.126. The second-order valence-corrected chi connectivity index (χ2v) is 8.20. The normalized spacial score (nSPS) is 18.9. The number of hydrogen-bond acceptors (Lipinski definition) is 5. The monoisotopic (exact) mass is 415 g/mol. The third-order valence-electron chi connectivity index (χ3n) is 4.73. The maximum atomic E-state index is 12.5. The van der Waals surface area contributed by atoms with Crippen LogP contribution in [0.4, 0.5) is 10.5 Å². The van der Waals surface area contributed by atoms with E-state index in [-0.39, 0.29) is 24.2 Å². The smallest absolute Gasteiger partial charge is 0.327 e. The second kappa shape index (κ2) is 9.71. The highest BCUT2D eigenvalue weighted by atomic mass is 32.2. The van der Waals surface area contributed by atoms with Gasteiger partial charge in [0.25, 0.3) is 0 Å². The van der Waals surface area contributed by atoms with E-state index >= 15 is 0 Å². The van der Waals surface area contributed by atoms with Gasteiger partial charge in [0.1, 0.15) is 6.17 Å². The molecule has 0 radical (unpaired) electrons. The predicted molar refractivity (Wildman–Crippen MR) is 120 cm³/mol. The molecule has 8 nitrogen and oxygen atoms in total. The van der Waals surface area contributed by atoms with Crippen LogP contribution in [-0.2, 0) is 0 Å². The maximum absolute atomic E-state index is 12.5. The van der Waals surface area contributed by atoms with Gasteiger partial charge in [-0.1, -0.05) is 19.1 Å². The van der Waals surface area contributed by atoms with E-state index in [0.717, 1.165) is 40.6 Å². The number of rotatable bonds is 9. The topological polar surface area (TPSA) is 121 Å². The van der Waals surface area contributed by atoms with Crippen molar-refractivity contribution < 1.29 is 4.79 Å². The van der Waals surface area contributed by atoms with Crippen LogP contribution >= 0.6 is 11.8 Å². The Morgan fingerprint density at radius 1 is 1.31 bits per heavy atom. The minimum atomic E-state index is -0.143. The zero-order chi connectivity index (χ0) is 20.8. The fourth-order valence-corrected chi connectivity index (χ4v) is 3.94. The average Bonchev–Trinajstić information content (AvgIpc) is 3.08. The molecule has 2 aliphatic heterocycles. The van der Waals surface area contributed by atoms with Crippen LogP contribution in [-0.4, -0.2) is 37.0 Å². The Balaban J connectivity index is 1.60. The summed E-state index contributed by atoms with van der Waals surface area (Å²) in [6, 6.07) is 8.08. The van der Waals surface area contributed by atoms with Crippen LogP contribution in [0.2, 0.25) is 0 Å². The largest absolute Gasteiger partial charge is 0.370 e. The van der Waals surface area contributed by atoms with Gasteiger partial charge < -0.3 is 27.4 Å². The Kier molecular flexibility index (Phi) is 7.05. The molecule has 0 saturated heterocycles. The fraction of sp³-hybridized carbons (Fsp3) is 0.400. The number of carbonyl (C=O) groups excluding carboxylic acids is 1. The Labute approximate surface area is 175 Å². The van der Waals surface area contributed by atoms with Crippen LogP contribution in [0.25, 0.3) is 0 Å². The summed E-state index contributed by atoms with van der Waals surface area (Å²) in [5.41, 5.74) is 13.7. The molecule has 0 spiro atoms. The molecule has 2 aliphatic rings. The number of aliphatic imine (C=N–C) groups is 1. The number of thioether (sulfide) groups is 1. The first-order chi connectivity index (χ1) is 14.0. The van der Waals surface area contributed by atoms with Gasteiger partial charge in [0, 0.05) is 24.4 Å². The summed E-state index contributed by atoms with van der Waals surface area (Å²) >= 11 is 1.73. The van der Waals surface area contributed by atoms with Crippen LogP contribution in [0.1, 0.15) is 31.9 Å². The number of carbonyl (C=O) groups is 1. The number of benzene rings is 1. The van der Waals surface area contributed by atoms with Gasteiger partial charge >= 0.3 is 6.03 Å². The summed E-state index contributed by atoms with van der Waals surface area (Å²) in [7, 11) is 0. The van der Waals surface area contributed by atoms with Crippen molar-refractivity contribution in [2.24, 2.45) is 16.5 Å². The van der Waals surface area contributed by atoms with E-state index in [4.69, 9.17) is 11.5 Å². The fourth-order valence-electron chi connectivity index (χ4n) is 3.21. The van der Waals surface area contributed by atoms with Gasteiger partial charge in [-0.3, -0.25) is 9.89 Å². The Bertz CT molecular complexity index is 815. The van der Waals surface area contributed by atoms with Crippen LogP contribution in [0.15, 0.2) is 52.1 Å². The Morgan fingerprint density at radius 2 is 2.07 bits per heavy atom. The van der Waals surface area contributed by atoms with Gasteiger partial charge in [-0.15, -0.1) is 11.8 Å². The van der Waals surface area contributed by atoms with E-state index < -0.39 is 0 Å². The average molecular weight is 416 g/mol. The van der Waals surface area contributed by atoms with E-state index in [1.54, 1.807) is 16.7 Å². The molecule has 0 bridgehead atoms. The van der Waals surface area contributed by atoms with Crippen LogP contribution in [0.5, 0.6) is 0 Å². The quantitative estimate of drug-likeness (QED) is 0.239. The first kappa shape index (κ1) is 21.1. The summed E-state index contributed by atoms with van der Waals surface area (Å²) in [4.78, 5) is 18.2. The molecular formula is C20H29N7OS. The molecule has 2 unspecified atom stereocenters. The number of fused-ring (bicyclic) bond motifs is 1. The SMILES string of the molecule is CCSC1=CC2=CN(c3ccc(C(C)NCCCN=C(N)N)cc3)C(=O)NC2N1. The zero-order valence-electron chi connectivity index (χ0n) is 16.8. The Morgan fingerprint density at radius 3 is 2.76 bits per heavy atom. The number of anilines is 1. The lowest BCUT2D eigenvalue weighted by atomic mass is 10.1. The van der Waals surface area contributed by atoms with Crippen LogP contribution in [0.3, 0.4) is 0 Å². The lowest BCUT2D eigenvalue weighted by Crippen LogP contribution is -2.51. The number of nitrogens with two attached hydrogens (primary N) is 2. The molecular weight excluding hydrogens is 386 g/mol. The molecule has 2 heterocycles. The number of nitrogens with zero attached hydrogens (tertiary/aromatic N) is 2. The third-order valence-corrected chi connectivity index (χ3v) is 5.57. The van der Waals surface area contributed by atoms with Gasteiger partial charge in [0.15, 0.2) is 5.96 Å². The predicted octanol–water partition coefficient (Wildman–Crippen LogP) is 1.94. The molecule has 1 aromatic carbocycles. The van der Waals surface area contributed by atoms with Crippen LogP contribution < -0.4 is 32.3 Å². The lowest BCUT2D eigenvalue weighted by Gasteiger charge is -2.29. The molecule has 7 N–H and O–H groups in total. The molecule has 156 valence electrons. The number of hydrogen-bond donors (Lipinski definition) is 5. The summed E-state index contributed by atoms with van der Waals surface area (Å²) < 4.78 is 0. The number of amides is 2. The standard InChI is InChI=1S/C20H29N7OS/c1-3-29-17-11-15-12-27(20(28)26-18(15)25-17)16-7-5-14(6-8-16)13(2)23-9-4-10-24-19(21)22/h5-8,11-13,18,23,25H,3-4,9-10H2,1-2H3,(H,26,28)(H4,21,22,24). The molecule has 0 fully saturated rings. The first-order valence-corrected chi connectivity index (χ1v) is 10.8. The van der Waals surface area contributed by atoms with E-state index in [9.17, 15) is 4.79 Å². The van der Waals surface area contributed by atoms with Crippen molar-refractivity contribution in [3.8, 4) is 0 Å². The molecule has 1 aromatic rings. The van der Waals surface area contributed by atoms with Crippen molar-refractivity contribution in [1.29, 1.82) is 0 Å². The Hall–Kier alpha value is -2.65. The van der Waals surface area contributed by atoms with E-state index in [1.807, 2.05) is 30.5 Å². The second-order valence-electron chi connectivity index (χ2n) is 6.90. The summed E-state index contributed by atoms with van der Waals surface area (Å²) in [6.45, 7) is 5.65. The molecule has 29 heavy (non-hydrogen) atoms. The van der Waals surface area contributed by atoms with Crippen molar-refractivity contribution in [3.05, 3.63) is 52.7 Å². The highest BCUT2D eigenvalue weighted by Crippen LogP contribution is 2.28. The van der Waals surface area contributed by atoms with Crippen molar-refractivity contribution in [2.75, 3.05) is 23.7 Å². The van der Waals surface area contributed by atoms with Gasteiger partial charge in [-0.25, -0.2) is 4.79 Å². The van der Waals surface area contributed by atoms with Crippen LogP contribution in [0, 0.1) is 0 Å². The van der Waals surface area contributed by atoms with Gasteiger partial charge in [0.05, 0.1) is 10.7 Å². The van der Waals surface area contributed by atoms with Crippen molar-refractivity contribution in [2.45, 2.75) is 32.5 Å². The summed E-state index contributed by atoms with van der Waals surface area (Å²) in [6.07, 6.45) is 4.71. The molecule has 0 saturated carbocycles. The highest BCUT2D eigenvalue weighted by Gasteiger charge is 2.30. The summed E-state index contributed by atoms with van der Waals surface area (Å²) in [5, 5.41) is 10.9. The summed E-state index contributed by atoms with van der Waals surface area (Å²) in [5.74, 6) is 1.11. The van der Waals surface area contributed by atoms with Gasteiger partial charge in [0.2, 0.25) is 0 Å². The van der Waals surface area contributed by atoms with Crippen molar-refractivity contribution in [3.63, 3.8) is 0 Å². The molecule has 2 amide bonds. The third kappa shape index (κ3) is 5.45. The lowest BCUT2D eigenvalue weighted by molar-refractivity contribution is 0.244. The zero-order valence-corrected chi connectivity index (χ0v) is 17.6. The molecule has 2 atom stereocenters. The first-order valence-electron chi connectivity index (χ1n) is 9.79. The number of urea groups is 1. The molecule has 9 heteroatoms. The number of guanidine groups is 1. The van der Waals surface area contributed by atoms with Gasteiger partial charge in [-0.2, -0.15) is 0 Å². The maximum Gasteiger partial charge on any atom is 0.327 e. The van der Waals surface area contributed by atoms with E-state index in [2.05, 4.69) is 40.9 Å². The van der Waals surface area contributed by atoms with Crippen molar-refractivity contribution in [1.82, 2.24) is 16.0 Å².